The molecule has 1 aromatic carbocycles. The van der Waals surface area contributed by atoms with Gasteiger partial charge in [0, 0.05) is 13.6 Å². The normalized spacial score (nSPS) is 11.2. The maximum atomic E-state index is 11.8. The Bertz CT molecular complexity index is 525. The van der Waals surface area contributed by atoms with Crippen LogP contribution < -0.4 is 10.0 Å². The van der Waals surface area contributed by atoms with Gasteiger partial charge in [-0.2, -0.15) is 0 Å². The highest BCUT2D eigenvalue weighted by Crippen LogP contribution is 2.22. The molecule has 0 radical (unpaired) electrons. The second-order valence-electron chi connectivity index (χ2n) is 3.27. The Morgan fingerprint density at radius 1 is 1.41 bits per heavy atom. The molecule has 0 amide bonds. The fraction of sp³-hybridized carbons (Fsp3) is 0.300. The van der Waals surface area contributed by atoms with Crippen LogP contribution in [-0.4, -0.2) is 33.1 Å². The molecule has 1 rings (SSSR count). The molecule has 0 aliphatic heterocycles. The van der Waals surface area contributed by atoms with E-state index in [-0.39, 0.29) is 17.0 Å². The number of benzene rings is 1. The zero-order valence-electron chi connectivity index (χ0n) is 9.52. The van der Waals surface area contributed by atoms with Crippen molar-refractivity contribution in [1.29, 1.82) is 0 Å². The fourth-order valence-corrected chi connectivity index (χ4v) is 2.63. The molecule has 0 aliphatic carbocycles. The van der Waals surface area contributed by atoms with Crippen molar-refractivity contribution in [3.05, 3.63) is 23.8 Å². The van der Waals surface area contributed by atoms with Crippen molar-refractivity contribution in [2.45, 2.75) is 11.8 Å². The second-order valence-corrected chi connectivity index (χ2v) is 5.00. The van der Waals surface area contributed by atoms with Gasteiger partial charge in [0.05, 0.1) is 11.3 Å². The molecule has 0 bridgehead atoms. The standard InChI is InChI=1S/C10H14N2O4S/c1-3-12-17(15,16)9-6-7(10(13)14)4-5-8(9)11-2/h4-6,11-12H,3H2,1-2H3,(H,13,14). The number of carboxylic acid groups (broad SMARTS) is 1. The van der Waals surface area contributed by atoms with Crippen LogP contribution in [0, 0.1) is 0 Å². The van der Waals surface area contributed by atoms with Crippen molar-refractivity contribution in [2.75, 3.05) is 18.9 Å². The van der Waals surface area contributed by atoms with Gasteiger partial charge in [-0.3, -0.25) is 0 Å². The van der Waals surface area contributed by atoms with Gasteiger partial charge in [-0.25, -0.2) is 17.9 Å². The topological polar surface area (TPSA) is 95.5 Å². The van der Waals surface area contributed by atoms with Crippen LogP contribution in [-0.2, 0) is 10.0 Å². The van der Waals surface area contributed by atoms with Crippen LogP contribution in [0.4, 0.5) is 5.69 Å². The third-order valence-electron chi connectivity index (χ3n) is 2.12. The van der Waals surface area contributed by atoms with Crippen LogP contribution in [0.5, 0.6) is 0 Å². The molecule has 0 atom stereocenters. The molecule has 0 heterocycles. The number of anilines is 1. The number of hydrogen-bond donors (Lipinski definition) is 3. The molecule has 0 saturated heterocycles. The van der Waals surface area contributed by atoms with Crippen molar-refractivity contribution >= 4 is 21.7 Å². The summed E-state index contributed by atoms with van der Waals surface area (Å²) in [4.78, 5) is 10.7. The van der Waals surface area contributed by atoms with E-state index < -0.39 is 16.0 Å². The van der Waals surface area contributed by atoms with E-state index in [4.69, 9.17) is 5.11 Å². The van der Waals surface area contributed by atoms with E-state index in [2.05, 4.69) is 10.0 Å². The van der Waals surface area contributed by atoms with Crippen LogP contribution in [0.2, 0.25) is 0 Å². The number of carboxylic acids is 1. The lowest BCUT2D eigenvalue weighted by Gasteiger charge is -2.11. The highest BCUT2D eigenvalue weighted by atomic mass is 32.2. The van der Waals surface area contributed by atoms with E-state index in [1.807, 2.05) is 0 Å². The Kier molecular flexibility index (Phi) is 4.08. The predicted molar refractivity (Wildman–Crippen MR) is 63.8 cm³/mol. The van der Waals surface area contributed by atoms with Gasteiger partial charge in [0.1, 0.15) is 4.90 Å². The molecule has 6 nitrogen and oxygen atoms in total. The summed E-state index contributed by atoms with van der Waals surface area (Å²) in [5.74, 6) is -1.17. The van der Waals surface area contributed by atoms with Crippen molar-refractivity contribution in [2.24, 2.45) is 0 Å². The van der Waals surface area contributed by atoms with Crippen LogP contribution in [0.3, 0.4) is 0 Å². The number of carbonyl (C=O) groups is 1. The summed E-state index contributed by atoms with van der Waals surface area (Å²) < 4.78 is 26.0. The number of nitrogens with one attached hydrogen (secondary N) is 2. The zero-order chi connectivity index (χ0) is 13.1. The van der Waals surface area contributed by atoms with E-state index in [1.165, 1.54) is 12.1 Å². The minimum absolute atomic E-state index is 0.0678. The Hall–Kier alpha value is -1.60. The maximum absolute atomic E-state index is 11.8. The molecule has 0 aromatic heterocycles. The molecule has 0 aliphatic rings. The molecule has 0 unspecified atom stereocenters. The molecular weight excluding hydrogens is 244 g/mol. The quantitative estimate of drug-likeness (QED) is 0.723. The minimum atomic E-state index is -3.68. The predicted octanol–water partition coefficient (Wildman–Crippen LogP) is 0.725. The zero-order valence-corrected chi connectivity index (χ0v) is 10.3. The van der Waals surface area contributed by atoms with Gasteiger partial charge < -0.3 is 10.4 Å². The molecule has 3 N–H and O–H groups in total. The summed E-state index contributed by atoms with van der Waals surface area (Å²) in [5, 5.41) is 11.5. The minimum Gasteiger partial charge on any atom is -0.478 e. The lowest BCUT2D eigenvalue weighted by atomic mass is 10.2. The van der Waals surface area contributed by atoms with Gasteiger partial charge in [0.2, 0.25) is 10.0 Å². The molecule has 0 saturated carbocycles. The van der Waals surface area contributed by atoms with Crippen LogP contribution in [0.25, 0.3) is 0 Å². The van der Waals surface area contributed by atoms with Gasteiger partial charge in [0.25, 0.3) is 0 Å². The van der Waals surface area contributed by atoms with Crippen molar-refractivity contribution in [1.82, 2.24) is 4.72 Å². The Balaban J connectivity index is 3.38. The summed E-state index contributed by atoms with van der Waals surface area (Å²) in [6.45, 7) is 1.89. The summed E-state index contributed by atoms with van der Waals surface area (Å²) in [6, 6.07) is 3.90. The van der Waals surface area contributed by atoms with E-state index in [9.17, 15) is 13.2 Å². The first-order valence-electron chi connectivity index (χ1n) is 4.97. The summed E-state index contributed by atoms with van der Waals surface area (Å²) in [6.07, 6.45) is 0. The molecular formula is C10H14N2O4S. The average molecular weight is 258 g/mol. The molecule has 0 spiro atoms. The fourth-order valence-electron chi connectivity index (χ4n) is 1.35. The number of rotatable bonds is 5. The number of aromatic carboxylic acids is 1. The van der Waals surface area contributed by atoms with E-state index in [0.717, 1.165) is 6.07 Å². The molecule has 17 heavy (non-hydrogen) atoms. The first-order chi connectivity index (χ1) is 7.92. The molecule has 0 fully saturated rings. The number of hydrogen-bond acceptors (Lipinski definition) is 4. The highest BCUT2D eigenvalue weighted by Gasteiger charge is 2.19. The summed E-state index contributed by atoms with van der Waals surface area (Å²) in [5.41, 5.74) is 0.288. The Morgan fingerprint density at radius 2 is 2.06 bits per heavy atom. The third-order valence-corrected chi connectivity index (χ3v) is 3.71. The monoisotopic (exact) mass is 258 g/mol. The molecule has 94 valence electrons. The SMILES string of the molecule is CCNS(=O)(=O)c1cc(C(=O)O)ccc1NC. The van der Waals surface area contributed by atoms with Crippen molar-refractivity contribution in [3.63, 3.8) is 0 Å². The second kappa shape index (κ2) is 5.15. The number of sulfonamides is 1. The van der Waals surface area contributed by atoms with E-state index in [0.29, 0.717) is 5.69 Å². The Morgan fingerprint density at radius 3 is 2.53 bits per heavy atom. The van der Waals surface area contributed by atoms with Gasteiger partial charge in [0.15, 0.2) is 0 Å². The Labute approximate surface area is 99.7 Å². The summed E-state index contributed by atoms with van der Waals surface area (Å²) in [7, 11) is -2.11. The highest BCUT2D eigenvalue weighted by molar-refractivity contribution is 7.89. The maximum Gasteiger partial charge on any atom is 0.335 e. The van der Waals surface area contributed by atoms with Crippen molar-refractivity contribution in [3.8, 4) is 0 Å². The van der Waals surface area contributed by atoms with E-state index >= 15 is 0 Å². The average Bonchev–Trinajstić information content (AvgIpc) is 2.28. The smallest absolute Gasteiger partial charge is 0.335 e. The van der Waals surface area contributed by atoms with Crippen molar-refractivity contribution < 1.29 is 18.3 Å². The van der Waals surface area contributed by atoms with E-state index in [1.54, 1.807) is 14.0 Å². The van der Waals surface area contributed by atoms with Gasteiger partial charge in [-0.15, -0.1) is 0 Å². The van der Waals surface area contributed by atoms with Crippen LogP contribution in [0.1, 0.15) is 17.3 Å². The largest absolute Gasteiger partial charge is 0.478 e. The van der Waals surface area contributed by atoms with Crippen LogP contribution in [0.15, 0.2) is 23.1 Å². The third kappa shape index (κ3) is 2.95. The lowest BCUT2D eigenvalue weighted by molar-refractivity contribution is 0.0696. The van der Waals surface area contributed by atoms with Gasteiger partial charge in [-0.1, -0.05) is 6.92 Å². The first-order valence-corrected chi connectivity index (χ1v) is 6.45. The molecule has 7 heteroatoms. The van der Waals surface area contributed by atoms with Gasteiger partial charge >= 0.3 is 5.97 Å². The lowest BCUT2D eigenvalue weighted by Crippen LogP contribution is -2.24. The first kappa shape index (κ1) is 13.5. The molecule has 1 aromatic rings. The van der Waals surface area contributed by atoms with Gasteiger partial charge in [-0.05, 0) is 18.2 Å². The summed E-state index contributed by atoms with van der Waals surface area (Å²) >= 11 is 0. The van der Waals surface area contributed by atoms with Crippen LogP contribution >= 0.6 is 0 Å².